The van der Waals surface area contributed by atoms with E-state index in [9.17, 15) is 24.9 Å². The number of phenolic OH excluding ortho intramolecular Hbond substituents is 1. The van der Waals surface area contributed by atoms with E-state index < -0.39 is 18.2 Å². The van der Waals surface area contributed by atoms with Crippen molar-refractivity contribution in [3.05, 3.63) is 41.2 Å². The summed E-state index contributed by atoms with van der Waals surface area (Å²) in [6, 6.07) is 3.38. The highest BCUT2D eigenvalue weighted by molar-refractivity contribution is 5.79. The summed E-state index contributed by atoms with van der Waals surface area (Å²) in [6.07, 6.45) is 9.85. The van der Waals surface area contributed by atoms with Gasteiger partial charge in [0.25, 0.3) is 0 Å². The van der Waals surface area contributed by atoms with E-state index in [1.807, 2.05) is 6.08 Å². The van der Waals surface area contributed by atoms with E-state index >= 15 is 0 Å². The average molecular weight is 631 g/mol. The lowest BCUT2D eigenvalue weighted by molar-refractivity contribution is -0.156. The first-order valence-electron chi connectivity index (χ1n) is 16.4. The number of allylic oxidation sites excluding steroid dienone is 2. The van der Waals surface area contributed by atoms with Gasteiger partial charge in [-0.2, -0.15) is 0 Å². The molecule has 0 saturated heterocycles. The molecule has 5 unspecified atom stereocenters. The Morgan fingerprint density at radius 3 is 2.42 bits per heavy atom. The number of esters is 2. The van der Waals surface area contributed by atoms with Gasteiger partial charge in [0.05, 0.1) is 12.4 Å². The SMILES string of the molecule is CC(=O)OC(CCc1cc(OCCO)c(O)cc1C1=CCNC(N)=C1)CC(OC(C)=O)C1CC(CO)CCCC(CC(C)C)C1. The lowest BCUT2D eigenvalue weighted by atomic mass is 9.74. The quantitative estimate of drug-likeness (QED) is 0.174. The largest absolute Gasteiger partial charge is 0.504 e. The standard InChI is InChI=1S/C35H54N2O8/c1-22(2)14-25-6-5-7-26(21-39)16-29(15-25)33(45-24(4)41)19-30(44-23(3)40)9-8-27-17-34(43-13-12-38)32(42)20-31(27)28-10-11-37-35(36)18-28/h10,17-18,20,22,25-26,29-30,33,37-39,42H,5-9,11-16,19,21,36H2,1-4H3. The van der Waals surface area contributed by atoms with E-state index in [2.05, 4.69) is 19.2 Å². The molecule has 1 aliphatic carbocycles. The van der Waals surface area contributed by atoms with Crippen LogP contribution in [0.5, 0.6) is 11.5 Å². The van der Waals surface area contributed by atoms with Crippen molar-refractivity contribution in [1.82, 2.24) is 5.32 Å². The van der Waals surface area contributed by atoms with Gasteiger partial charge >= 0.3 is 11.9 Å². The Morgan fingerprint density at radius 2 is 1.78 bits per heavy atom. The second-order valence-corrected chi connectivity index (χ2v) is 13.0. The van der Waals surface area contributed by atoms with Crippen molar-refractivity contribution in [2.24, 2.45) is 29.4 Å². The molecule has 0 radical (unpaired) electrons. The summed E-state index contributed by atoms with van der Waals surface area (Å²) in [5.74, 6) is 1.12. The van der Waals surface area contributed by atoms with Crippen molar-refractivity contribution in [3.8, 4) is 11.5 Å². The van der Waals surface area contributed by atoms with Crippen LogP contribution in [0.25, 0.3) is 5.57 Å². The molecule has 0 spiro atoms. The number of dihydropyridines is 1. The van der Waals surface area contributed by atoms with E-state index in [0.717, 1.165) is 55.2 Å². The molecule has 1 aromatic rings. The average Bonchev–Trinajstić information content (AvgIpc) is 2.95. The van der Waals surface area contributed by atoms with Crippen LogP contribution in [0.2, 0.25) is 0 Å². The number of nitrogens with two attached hydrogens (primary N) is 1. The van der Waals surface area contributed by atoms with Gasteiger partial charge in [-0.1, -0.05) is 32.8 Å². The zero-order chi connectivity index (χ0) is 32.9. The topological polar surface area (TPSA) is 161 Å². The minimum absolute atomic E-state index is 0.0278. The van der Waals surface area contributed by atoms with Crippen molar-refractivity contribution in [3.63, 3.8) is 0 Å². The number of hydrogen-bond acceptors (Lipinski definition) is 10. The molecule has 1 aromatic carbocycles. The van der Waals surface area contributed by atoms with Crippen molar-refractivity contribution in [2.45, 2.75) is 97.7 Å². The predicted octanol–water partition coefficient (Wildman–Crippen LogP) is 4.59. The number of aliphatic hydroxyl groups is 2. The second kappa shape index (κ2) is 18.0. The first-order valence-corrected chi connectivity index (χ1v) is 16.4. The monoisotopic (exact) mass is 630 g/mol. The Bertz CT molecular complexity index is 1180. The van der Waals surface area contributed by atoms with Crippen LogP contribution < -0.4 is 15.8 Å². The number of rotatable bonds is 15. The Kier molecular flexibility index (Phi) is 14.5. The molecule has 6 N–H and O–H groups in total. The Morgan fingerprint density at radius 1 is 1.07 bits per heavy atom. The van der Waals surface area contributed by atoms with Crippen LogP contribution in [0.15, 0.2) is 30.1 Å². The third-order valence-corrected chi connectivity index (χ3v) is 8.75. The van der Waals surface area contributed by atoms with Crippen LogP contribution >= 0.6 is 0 Å². The highest BCUT2D eigenvalue weighted by atomic mass is 16.6. The van der Waals surface area contributed by atoms with Crippen molar-refractivity contribution < 1.29 is 39.1 Å². The Hall–Kier alpha value is -3.24. The van der Waals surface area contributed by atoms with Crippen LogP contribution in [-0.2, 0) is 25.5 Å². The molecule has 1 fully saturated rings. The molecule has 1 heterocycles. The fourth-order valence-corrected chi connectivity index (χ4v) is 6.92. The van der Waals surface area contributed by atoms with Crippen molar-refractivity contribution >= 4 is 17.5 Å². The highest BCUT2D eigenvalue weighted by Crippen LogP contribution is 2.38. The fraction of sp³-hybridized carbons (Fsp3) is 0.657. The molecular weight excluding hydrogens is 576 g/mol. The number of aromatic hydroxyl groups is 1. The first-order chi connectivity index (χ1) is 21.5. The maximum Gasteiger partial charge on any atom is 0.302 e. The number of benzene rings is 1. The zero-order valence-corrected chi connectivity index (χ0v) is 27.4. The van der Waals surface area contributed by atoms with E-state index in [1.54, 1.807) is 18.2 Å². The van der Waals surface area contributed by atoms with Gasteiger partial charge in [0.15, 0.2) is 11.5 Å². The molecule has 5 atom stereocenters. The minimum Gasteiger partial charge on any atom is -0.504 e. The highest BCUT2D eigenvalue weighted by Gasteiger charge is 2.34. The third kappa shape index (κ3) is 11.9. The van der Waals surface area contributed by atoms with E-state index in [1.165, 1.54) is 13.8 Å². The smallest absolute Gasteiger partial charge is 0.302 e. The number of carbonyl (C=O) groups excluding carboxylic acids is 2. The Labute approximate surface area is 268 Å². The lowest BCUT2D eigenvalue weighted by Gasteiger charge is -2.36. The van der Waals surface area contributed by atoms with Crippen LogP contribution in [0, 0.1) is 23.7 Å². The van der Waals surface area contributed by atoms with E-state index in [4.69, 9.17) is 19.9 Å². The normalized spacial score (nSPS) is 21.8. The number of aryl methyl sites for hydroxylation is 1. The van der Waals surface area contributed by atoms with Gasteiger partial charge in [0, 0.05) is 33.4 Å². The van der Waals surface area contributed by atoms with Crippen LogP contribution in [0.4, 0.5) is 0 Å². The summed E-state index contributed by atoms with van der Waals surface area (Å²) >= 11 is 0. The molecule has 10 heteroatoms. The van der Waals surface area contributed by atoms with Gasteiger partial charge in [0.2, 0.25) is 0 Å². The van der Waals surface area contributed by atoms with Gasteiger partial charge in [-0.25, -0.2) is 0 Å². The zero-order valence-electron chi connectivity index (χ0n) is 27.4. The summed E-state index contributed by atoms with van der Waals surface area (Å²) < 4.78 is 17.4. The maximum atomic E-state index is 12.4. The third-order valence-electron chi connectivity index (χ3n) is 8.75. The van der Waals surface area contributed by atoms with E-state index in [-0.39, 0.29) is 49.1 Å². The summed E-state index contributed by atoms with van der Waals surface area (Å²) in [6.45, 7) is 7.71. The molecular formula is C35H54N2O8. The number of carbonyl (C=O) groups is 2. The molecule has 0 bridgehead atoms. The van der Waals surface area contributed by atoms with Crippen LogP contribution in [0.1, 0.15) is 90.2 Å². The lowest BCUT2D eigenvalue weighted by Crippen LogP contribution is -2.36. The van der Waals surface area contributed by atoms with Crippen molar-refractivity contribution in [2.75, 3.05) is 26.4 Å². The molecule has 0 aromatic heterocycles. The molecule has 1 saturated carbocycles. The van der Waals surface area contributed by atoms with E-state index in [0.29, 0.717) is 43.5 Å². The van der Waals surface area contributed by atoms with Gasteiger partial charge in [-0.15, -0.1) is 0 Å². The Balaban J connectivity index is 1.91. The number of nitrogens with one attached hydrogen (secondary N) is 1. The molecule has 252 valence electrons. The van der Waals surface area contributed by atoms with Crippen molar-refractivity contribution in [1.29, 1.82) is 0 Å². The molecule has 1 aliphatic heterocycles. The maximum absolute atomic E-state index is 12.4. The van der Waals surface area contributed by atoms with Gasteiger partial charge < -0.3 is 40.6 Å². The summed E-state index contributed by atoms with van der Waals surface area (Å²) in [7, 11) is 0. The molecule has 10 nitrogen and oxygen atoms in total. The minimum atomic E-state index is -0.542. The molecule has 0 amide bonds. The predicted molar refractivity (Wildman–Crippen MR) is 173 cm³/mol. The van der Waals surface area contributed by atoms with Gasteiger partial charge in [-0.3, -0.25) is 9.59 Å². The second-order valence-electron chi connectivity index (χ2n) is 13.0. The number of hydrogen-bond donors (Lipinski definition) is 5. The summed E-state index contributed by atoms with van der Waals surface area (Å²) in [4.78, 5) is 24.7. The summed E-state index contributed by atoms with van der Waals surface area (Å²) in [5, 5.41) is 33.2. The van der Waals surface area contributed by atoms with Gasteiger partial charge in [0.1, 0.15) is 18.8 Å². The summed E-state index contributed by atoms with van der Waals surface area (Å²) in [5.41, 5.74) is 8.51. The molecule has 3 rings (SSSR count). The fourth-order valence-electron chi connectivity index (χ4n) is 6.92. The number of aliphatic hydroxyl groups excluding tert-OH is 2. The van der Waals surface area contributed by atoms with Crippen LogP contribution in [0.3, 0.4) is 0 Å². The molecule has 45 heavy (non-hydrogen) atoms. The molecule has 2 aliphatic rings. The number of phenols is 1. The van der Waals surface area contributed by atoms with Gasteiger partial charge in [-0.05, 0) is 97.1 Å². The first kappa shape index (κ1) is 36.2. The van der Waals surface area contributed by atoms with Crippen LogP contribution in [-0.4, -0.2) is 65.8 Å². The number of ether oxygens (including phenoxy) is 3.